The minimum Gasteiger partial charge on any atom is -0.394 e. The third-order valence-electron chi connectivity index (χ3n) is 3.56. The number of thioether (sulfide) groups is 1. The third-order valence-corrected chi connectivity index (χ3v) is 4.74. The molecule has 1 fully saturated rings. The fraction of sp³-hybridized carbons (Fsp3) is 0.615. The van der Waals surface area contributed by atoms with Gasteiger partial charge in [-0.25, -0.2) is 15.0 Å². The first-order valence-electron chi connectivity index (χ1n) is 7.10. The van der Waals surface area contributed by atoms with Crippen molar-refractivity contribution in [1.29, 1.82) is 0 Å². The van der Waals surface area contributed by atoms with Crippen LogP contribution in [-0.4, -0.2) is 65.5 Å². The molecule has 1 aliphatic heterocycles. The first-order valence-corrected chi connectivity index (χ1v) is 8.08. The van der Waals surface area contributed by atoms with Gasteiger partial charge >= 0.3 is 0 Å². The van der Waals surface area contributed by atoms with Gasteiger partial charge in [-0.05, 0) is 12.2 Å². The number of fused-ring (bicyclic) bond motifs is 1. The van der Waals surface area contributed by atoms with Crippen molar-refractivity contribution in [2.24, 2.45) is 0 Å². The summed E-state index contributed by atoms with van der Waals surface area (Å²) in [5.41, 5.74) is 1.17. The second-order valence-electron chi connectivity index (χ2n) is 5.08. The van der Waals surface area contributed by atoms with Gasteiger partial charge in [-0.1, -0.05) is 6.92 Å². The molecule has 0 radical (unpaired) electrons. The van der Waals surface area contributed by atoms with Crippen molar-refractivity contribution in [3.8, 4) is 0 Å². The number of hydrogen-bond acceptors (Lipinski definition) is 8. The van der Waals surface area contributed by atoms with E-state index in [1.54, 1.807) is 16.3 Å². The second-order valence-corrected chi connectivity index (χ2v) is 6.16. The number of imidazole rings is 1. The Hall–Kier alpha value is -1.26. The number of ether oxygens (including phenoxy) is 1. The first kappa shape index (κ1) is 15.6. The summed E-state index contributed by atoms with van der Waals surface area (Å²) in [5.74, 6) is 0.923. The predicted molar refractivity (Wildman–Crippen MR) is 79.3 cm³/mol. The standard InChI is InChI=1S/C13H18N4O4S/c1-2-3-22-12-8-11(14-5-15-12)17(6-16-8)13-10(20)9(19)7(4-18)21-13/h5-7,9-10,13,18-20H,2-4H2,1H3. The highest BCUT2D eigenvalue weighted by Crippen LogP contribution is 2.32. The summed E-state index contributed by atoms with van der Waals surface area (Å²) in [6, 6.07) is 0. The molecule has 0 amide bonds. The van der Waals surface area contributed by atoms with Gasteiger partial charge in [0.1, 0.15) is 35.2 Å². The zero-order valence-electron chi connectivity index (χ0n) is 12.0. The van der Waals surface area contributed by atoms with E-state index >= 15 is 0 Å². The largest absolute Gasteiger partial charge is 0.394 e. The molecule has 4 unspecified atom stereocenters. The lowest BCUT2D eigenvalue weighted by Crippen LogP contribution is -2.33. The number of hydrogen-bond donors (Lipinski definition) is 3. The van der Waals surface area contributed by atoms with Crippen molar-refractivity contribution in [3.05, 3.63) is 12.7 Å². The van der Waals surface area contributed by atoms with Crippen LogP contribution in [0.4, 0.5) is 0 Å². The highest BCUT2D eigenvalue weighted by Gasteiger charge is 2.43. The van der Waals surface area contributed by atoms with Crippen molar-refractivity contribution < 1.29 is 20.1 Å². The molecule has 0 bridgehead atoms. The molecule has 8 nitrogen and oxygen atoms in total. The van der Waals surface area contributed by atoms with E-state index in [0.29, 0.717) is 11.2 Å². The minimum atomic E-state index is -1.16. The SMILES string of the molecule is CCCSc1ncnc2c1ncn2C1OC(CO)C(O)C1O. The Morgan fingerprint density at radius 1 is 1.27 bits per heavy atom. The molecule has 3 N–H and O–H groups in total. The van der Waals surface area contributed by atoms with Crippen LogP contribution in [0.1, 0.15) is 19.6 Å². The van der Waals surface area contributed by atoms with E-state index in [4.69, 9.17) is 4.74 Å². The number of aliphatic hydroxyl groups is 3. The Morgan fingerprint density at radius 2 is 2.09 bits per heavy atom. The molecule has 0 spiro atoms. The summed E-state index contributed by atoms with van der Waals surface area (Å²) in [6.45, 7) is 1.72. The lowest BCUT2D eigenvalue weighted by atomic mass is 10.1. The maximum atomic E-state index is 10.1. The topological polar surface area (TPSA) is 114 Å². The predicted octanol–water partition coefficient (Wildman–Crippen LogP) is -0.0601. The Kier molecular flexibility index (Phi) is 4.59. The Bertz CT molecular complexity index is 652. The quantitative estimate of drug-likeness (QED) is 0.517. The van der Waals surface area contributed by atoms with Crippen LogP contribution < -0.4 is 0 Å². The Balaban J connectivity index is 1.95. The molecule has 4 atom stereocenters. The molecule has 0 aliphatic carbocycles. The molecule has 0 aromatic carbocycles. The van der Waals surface area contributed by atoms with Gasteiger partial charge in [0, 0.05) is 0 Å². The molecule has 1 aliphatic rings. The Morgan fingerprint density at radius 3 is 2.77 bits per heavy atom. The number of nitrogens with zero attached hydrogens (tertiary/aromatic N) is 4. The van der Waals surface area contributed by atoms with Crippen LogP contribution >= 0.6 is 11.8 Å². The van der Waals surface area contributed by atoms with Crippen LogP contribution in [0.3, 0.4) is 0 Å². The van der Waals surface area contributed by atoms with Gasteiger partial charge in [0.2, 0.25) is 0 Å². The van der Waals surface area contributed by atoms with Gasteiger partial charge in [0.05, 0.1) is 12.9 Å². The molecular formula is C13H18N4O4S. The van der Waals surface area contributed by atoms with Crippen LogP contribution in [0.5, 0.6) is 0 Å². The molecule has 22 heavy (non-hydrogen) atoms. The lowest BCUT2D eigenvalue weighted by molar-refractivity contribution is -0.0511. The zero-order chi connectivity index (χ0) is 15.7. The van der Waals surface area contributed by atoms with Gasteiger partial charge in [0.25, 0.3) is 0 Å². The van der Waals surface area contributed by atoms with Gasteiger partial charge in [-0.15, -0.1) is 11.8 Å². The number of aliphatic hydroxyl groups excluding tert-OH is 3. The van der Waals surface area contributed by atoms with Gasteiger partial charge < -0.3 is 20.1 Å². The molecule has 1 saturated heterocycles. The molecule has 0 saturated carbocycles. The van der Waals surface area contributed by atoms with Crippen LogP contribution in [0.15, 0.2) is 17.7 Å². The molecule has 120 valence electrons. The molecular weight excluding hydrogens is 308 g/mol. The summed E-state index contributed by atoms with van der Waals surface area (Å²) in [6.07, 6.45) is 0.00469. The Labute approximate surface area is 131 Å². The highest BCUT2D eigenvalue weighted by molar-refractivity contribution is 7.99. The van der Waals surface area contributed by atoms with E-state index in [9.17, 15) is 15.3 Å². The fourth-order valence-electron chi connectivity index (χ4n) is 2.43. The zero-order valence-corrected chi connectivity index (χ0v) is 12.8. The van der Waals surface area contributed by atoms with E-state index < -0.39 is 24.5 Å². The average Bonchev–Trinajstić information content (AvgIpc) is 3.08. The van der Waals surface area contributed by atoms with Crippen LogP contribution in [-0.2, 0) is 4.74 Å². The smallest absolute Gasteiger partial charge is 0.166 e. The van der Waals surface area contributed by atoms with Gasteiger partial charge in [-0.3, -0.25) is 4.57 Å². The van der Waals surface area contributed by atoms with Gasteiger partial charge in [0.15, 0.2) is 11.9 Å². The van der Waals surface area contributed by atoms with Crippen molar-refractivity contribution in [3.63, 3.8) is 0 Å². The maximum absolute atomic E-state index is 10.1. The van der Waals surface area contributed by atoms with E-state index in [-0.39, 0.29) is 6.61 Å². The summed E-state index contributed by atoms with van der Waals surface area (Å²) in [4.78, 5) is 12.7. The first-order chi connectivity index (χ1) is 10.7. The fourth-order valence-corrected chi connectivity index (χ4v) is 3.23. The summed E-state index contributed by atoms with van der Waals surface area (Å²) in [7, 11) is 0. The van der Waals surface area contributed by atoms with E-state index in [0.717, 1.165) is 17.2 Å². The van der Waals surface area contributed by atoms with Crippen LogP contribution in [0.25, 0.3) is 11.2 Å². The van der Waals surface area contributed by atoms with Crippen molar-refractivity contribution in [1.82, 2.24) is 19.5 Å². The molecule has 3 heterocycles. The molecule has 3 rings (SSSR count). The maximum Gasteiger partial charge on any atom is 0.166 e. The summed E-state index contributed by atoms with van der Waals surface area (Å²) in [5, 5.41) is 29.9. The monoisotopic (exact) mass is 326 g/mol. The van der Waals surface area contributed by atoms with E-state index in [2.05, 4.69) is 21.9 Å². The van der Waals surface area contributed by atoms with Gasteiger partial charge in [-0.2, -0.15) is 0 Å². The van der Waals surface area contributed by atoms with Crippen molar-refractivity contribution in [2.75, 3.05) is 12.4 Å². The summed E-state index contributed by atoms with van der Waals surface area (Å²) < 4.78 is 7.08. The normalized spacial score (nSPS) is 28.5. The minimum absolute atomic E-state index is 0.367. The second kappa shape index (κ2) is 6.47. The number of aromatic nitrogens is 4. The van der Waals surface area contributed by atoms with E-state index in [1.165, 1.54) is 12.7 Å². The van der Waals surface area contributed by atoms with Crippen LogP contribution in [0, 0.1) is 0 Å². The average molecular weight is 326 g/mol. The van der Waals surface area contributed by atoms with Crippen molar-refractivity contribution >= 4 is 22.9 Å². The molecule has 2 aromatic rings. The van der Waals surface area contributed by atoms with Crippen molar-refractivity contribution in [2.45, 2.75) is 42.9 Å². The molecule has 9 heteroatoms. The van der Waals surface area contributed by atoms with Crippen LogP contribution in [0.2, 0.25) is 0 Å². The highest BCUT2D eigenvalue weighted by atomic mass is 32.2. The lowest BCUT2D eigenvalue weighted by Gasteiger charge is -2.16. The number of rotatable bonds is 5. The summed E-state index contributed by atoms with van der Waals surface area (Å²) >= 11 is 1.59. The van der Waals surface area contributed by atoms with E-state index in [1.807, 2.05) is 0 Å². The third kappa shape index (κ3) is 2.59. The molecule has 2 aromatic heterocycles.